The van der Waals surface area contributed by atoms with Crippen LogP contribution in [-0.2, 0) is 0 Å². The Bertz CT molecular complexity index is 309. The lowest BCUT2D eigenvalue weighted by atomic mass is 10.1. The number of likely N-dealkylation sites (N-methyl/N-ethyl adjacent to an activating group) is 1. The minimum atomic E-state index is 0. The van der Waals surface area contributed by atoms with Crippen molar-refractivity contribution in [1.82, 2.24) is 20.4 Å². The van der Waals surface area contributed by atoms with E-state index in [9.17, 15) is 0 Å². The highest BCUT2D eigenvalue weighted by Crippen LogP contribution is 2.05. The van der Waals surface area contributed by atoms with Crippen molar-refractivity contribution >= 4 is 29.9 Å². The lowest BCUT2D eigenvalue weighted by Gasteiger charge is -2.21. The summed E-state index contributed by atoms with van der Waals surface area (Å²) in [5, 5.41) is 6.84. The minimum absolute atomic E-state index is 0. The Balaban J connectivity index is 0.00000484. The van der Waals surface area contributed by atoms with Crippen molar-refractivity contribution in [2.24, 2.45) is 10.9 Å². The van der Waals surface area contributed by atoms with Crippen molar-refractivity contribution in [1.29, 1.82) is 0 Å². The van der Waals surface area contributed by atoms with E-state index in [0.29, 0.717) is 0 Å². The van der Waals surface area contributed by atoms with Crippen LogP contribution in [0.5, 0.6) is 0 Å². The molecule has 2 N–H and O–H groups in total. The molecule has 0 amide bonds. The minimum Gasteiger partial charge on any atom is -0.356 e. The van der Waals surface area contributed by atoms with E-state index in [4.69, 9.17) is 0 Å². The van der Waals surface area contributed by atoms with Gasteiger partial charge >= 0.3 is 0 Å². The van der Waals surface area contributed by atoms with Gasteiger partial charge in [-0.3, -0.25) is 4.99 Å². The molecule has 0 unspecified atom stereocenters. The molecule has 0 radical (unpaired) electrons. The average molecular weight is 439 g/mol. The number of unbranched alkanes of at least 4 members (excludes halogenated alkanes) is 1. The number of nitrogens with zero attached hydrogens (tertiary/aromatic N) is 3. The summed E-state index contributed by atoms with van der Waals surface area (Å²) in [4.78, 5) is 9.27. The molecule has 0 atom stereocenters. The van der Waals surface area contributed by atoms with Crippen molar-refractivity contribution in [3.63, 3.8) is 0 Å². The van der Waals surface area contributed by atoms with Crippen LogP contribution in [0.15, 0.2) is 4.99 Å². The highest BCUT2D eigenvalue weighted by Gasteiger charge is 2.11. The summed E-state index contributed by atoms with van der Waals surface area (Å²) in [6, 6.07) is 0. The second-order valence-electron chi connectivity index (χ2n) is 6.81. The third-order valence-corrected chi connectivity index (χ3v) is 4.26. The second-order valence-corrected chi connectivity index (χ2v) is 6.81. The number of halogens is 1. The summed E-state index contributed by atoms with van der Waals surface area (Å²) in [5.74, 6) is 1.75. The zero-order valence-electron chi connectivity index (χ0n) is 15.6. The summed E-state index contributed by atoms with van der Waals surface area (Å²) in [5.41, 5.74) is 0. The van der Waals surface area contributed by atoms with Gasteiger partial charge in [0, 0.05) is 39.8 Å². The quantitative estimate of drug-likeness (QED) is 0.264. The van der Waals surface area contributed by atoms with E-state index in [-0.39, 0.29) is 24.0 Å². The van der Waals surface area contributed by atoms with Crippen LogP contribution < -0.4 is 10.6 Å². The number of hydrogen-bond donors (Lipinski definition) is 2. The van der Waals surface area contributed by atoms with Crippen molar-refractivity contribution in [3.05, 3.63) is 0 Å². The molecule has 1 aliphatic heterocycles. The second kappa shape index (κ2) is 14.3. The van der Waals surface area contributed by atoms with Crippen molar-refractivity contribution in [2.75, 3.05) is 59.9 Å². The van der Waals surface area contributed by atoms with Crippen LogP contribution in [0.1, 0.15) is 39.5 Å². The smallest absolute Gasteiger partial charge is 0.191 e. The third kappa shape index (κ3) is 12.0. The molecule has 6 heteroatoms. The first-order valence-electron chi connectivity index (χ1n) is 8.97. The summed E-state index contributed by atoms with van der Waals surface area (Å²) >= 11 is 0. The van der Waals surface area contributed by atoms with Gasteiger partial charge in [0.1, 0.15) is 0 Å². The molecule has 0 aliphatic carbocycles. The predicted octanol–water partition coefficient (Wildman–Crippen LogP) is 2.23. The lowest BCUT2D eigenvalue weighted by Crippen LogP contribution is -2.42. The van der Waals surface area contributed by atoms with E-state index in [1.807, 2.05) is 7.05 Å². The normalized spacial score (nSPS) is 17.7. The maximum atomic E-state index is 4.30. The molecule has 138 valence electrons. The fraction of sp³-hybridized carbons (Fsp3) is 0.941. The van der Waals surface area contributed by atoms with Crippen LogP contribution in [0.25, 0.3) is 0 Å². The Morgan fingerprint density at radius 2 is 1.78 bits per heavy atom. The van der Waals surface area contributed by atoms with Crippen LogP contribution in [-0.4, -0.2) is 75.7 Å². The van der Waals surface area contributed by atoms with E-state index in [1.54, 1.807) is 0 Å². The molecule has 1 heterocycles. The van der Waals surface area contributed by atoms with Gasteiger partial charge in [-0.15, -0.1) is 24.0 Å². The molecule has 23 heavy (non-hydrogen) atoms. The molecule has 0 saturated carbocycles. The Morgan fingerprint density at radius 1 is 1.04 bits per heavy atom. The molecule has 0 bridgehead atoms. The van der Waals surface area contributed by atoms with Gasteiger partial charge in [-0.25, -0.2) is 0 Å². The number of nitrogens with one attached hydrogen (secondary N) is 2. The molecule has 1 aliphatic rings. The number of rotatable bonds is 8. The Hall–Kier alpha value is -0.0800. The largest absolute Gasteiger partial charge is 0.356 e. The molecule has 5 nitrogen and oxygen atoms in total. The maximum Gasteiger partial charge on any atom is 0.191 e. The van der Waals surface area contributed by atoms with Crippen LogP contribution in [0.3, 0.4) is 0 Å². The fourth-order valence-corrected chi connectivity index (χ4v) is 2.76. The number of aliphatic imine (C=N–C) groups is 1. The number of guanidine groups is 1. The van der Waals surface area contributed by atoms with Gasteiger partial charge in [0.2, 0.25) is 0 Å². The van der Waals surface area contributed by atoms with Crippen LogP contribution >= 0.6 is 24.0 Å². The molecular formula is C17H38IN5. The number of hydrogen-bond acceptors (Lipinski definition) is 3. The Labute approximate surface area is 160 Å². The molecule has 1 rings (SSSR count). The van der Waals surface area contributed by atoms with E-state index in [0.717, 1.165) is 31.5 Å². The molecule has 1 saturated heterocycles. The van der Waals surface area contributed by atoms with Gasteiger partial charge in [0.15, 0.2) is 5.96 Å². The Kier molecular flexibility index (Phi) is 14.2. The van der Waals surface area contributed by atoms with Crippen LogP contribution in [0.2, 0.25) is 0 Å². The highest BCUT2D eigenvalue weighted by atomic mass is 127. The first-order valence-corrected chi connectivity index (χ1v) is 8.97. The van der Waals surface area contributed by atoms with E-state index >= 15 is 0 Å². The third-order valence-electron chi connectivity index (χ3n) is 4.26. The summed E-state index contributed by atoms with van der Waals surface area (Å²) in [7, 11) is 4.07. The van der Waals surface area contributed by atoms with Gasteiger partial charge in [-0.2, -0.15) is 0 Å². The van der Waals surface area contributed by atoms with Gasteiger partial charge in [-0.05, 0) is 38.9 Å². The van der Waals surface area contributed by atoms with E-state index < -0.39 is 0 Å². The molecule has 1 fully saturated rings. The molecule has 0 aromatic heterocycles. The molecule has 0 aromatic carbocycles. The Morgan fingerprint density at radius 3 is 2.48 bits per heavy atom. The van der Waals surface area contributed by atoms with Crippen molar-refractivity contribution < 1.29 is 0 Å². The molecule has 0 spiro atoms. The predicted molar refractivity (Wildman–Crippen MR) is 112 cm³/mol. The van der Waals surface area contributed by atoms with Crippen LogP contribution in [0.4, 0.5) is 0 Å². The van der Waals surface area contributed by atoms with Crippen molar-refractivity contribution in [3.8, 4) is 0 Å². The average Bonchev–Trinajstić information content (AvgIpc) is 2.69. The lowest BCUT2D eigenvalue weighted by molar-refractivity contribution is 0.280. The zero-order valence-corrected chi connectivity index (χ0v) is 17.9. The maximum absolute atomic E-state index is 4.30. The summed E-state index contributed by atoms with van der Waals surface area (Å²) in [6.07, 6.45) is 5.11. The first kappa shape index (κ1) is 22.9. The topological polar surface area (TPSA) is 42.9 Å². The fourth-order valence-electron chi connectivity index (χ4n) is 2.76. The van der Waals surface area contributed by atoms with Crippen LogP contribution in [0, 0.1) is 5.92 Å². The van der Waals surface area contributed by atoms with E-state index in [1.165, 1.54) is 51.9 Å². The van der Waals surface area contributed by atoms with Crippen molar-refractivity contribution in [2.45, 2.75) is 39.5 Å². The molecule has 0 aromatic rings. The monoisotopic (exact) mass is 439 g/mol. The SMILES string of the molecule is CN=C(NCCCCC(C)C)NCCN1CCCN(C)CC1.I. The van der Waals surface area contributed by atoms with E-state index in [2.05, 4.69) is 46.3 Å². The van der Waals surface area contributed by atoms with Gasteiger partial charge in [0.05, 0.1) is 0 Å². The first-order chi connectivity index (χ1) is 10.6. The van der Waals surface area contributed by atoms with Gasteiger partial charge in [-0.1, -0.05) is 26.7 Å². The van der Waals surface area contributed by atoms with Gasteiger partial charge in [0.25, 0.3) is 0 Å². The summed E-state index contributed by atoms with van der Waals surface area (Å²) < 4.78 is 0. The zero-order chi connectivity index (χ0) is 16.2. The summed E-state index contributed by atoms with van der Waals surface area (Å²) in [6.45, 7) is 12.5. The van der Waals surface area contributed by atoms with Gasteiger partial charge < -0.3 is 20.4 Å². The molecular weight excluding hydrogens is 401 g/mol. The highest BCUT2D eigenvalue weighted by molar-refractivity contribution is 14.0. The standard InChI is InChI=1S/C17H37N5.HI/c1-16(2)8-5-6-9-19-17(18-3)20-10-13-22-12-7-11-21(4)14-15-22;/h16H,5-15H2,1-4H3,(H2,18,19,20);1H.